The fourth-order valence-corrected chi connectivity index (χ4v) is 2.90. The molecule has 1 aliphatic carbocycles. The van der Waals surface area contributed by atoms with Gasteiger partial charge in [-0.15, -0.1) is 0 Å². The minimum absolute atomic E-state index is 0.0333. The molecule has 4 nitrogen and oxygen atoms in total. The molecule has 1 heterocycles. The fourth-order valence-electron chi connectivity index (χ4n) is 2.45. The van der Waals surface area contributed by atoms with Gasteiger partial charge in [-0.2, -0.15) is 0 Å². The van der Waals surface area contributed by atoms with Gasteiger partial charge in [0.2, 0.25) is 0 Å². The highest BCUT2D eigenvalue weighted by atomic mass is 127. The highest BCUT2D eigenvalue weighted by Gasteiger charge is 2.28. The van der Waals surface area contributed by atoms with Gasteiger partial charge >= 0.3 is 5.69 Å². The van der Waals surface area contributed by atoms with E-state index in [0.717, 1.165) is 16.4 Å². The van der Waals surface area contributed by atoms with Crippen LogP contribution in [0.3, 0.4) is 0 Å². The molecule has 1 saturated carbocycles. The quantitative estimate of drug-likeness (QED) is 0.744. The second kappa shape index (κ2) is 5.40. The summed E-state index contributed by atoms with van der Waals surface area (Å²) in [4.78, 5) is 24.7. The van der Waals surface area contributed by atoms with Gasteiger partial charge < -0.3 is 0 Å². The molecule has 1 fully saturated rings. The number of hydrogen-bond acceptors (Lipinski definition) is 2. The molecule has 0 aliphatic heterocycles. The van der Waals surface area contributed by atoms with Crippen LogP contribution in [-0.2, 0) is 6.42 Å². The lowest BCUT2D eigenvalue weighted by Gasteiger charge is -2.15. The Labute approximate surface area is 134 Å². The van der Waals surface area contributed by atoms with Crippen LogP contribution in [0.5, 0.6) is 0 Å². The van der Waals surface area contributed by atoms with Crippen molar-refractivity contribution in [3.05, 3.63) is 60.2 Å². The molecule has 1 aromatic carbocycles. The summed E-state index contributed by atoms with van der Waals surface area (Å²) in [6.07, 6.45) is 2.15. The van der Waals surface area contributed by atoms with Crippen molar-refractivity contribution < 1.29 is 4.39 Å². The molecule has 6 heteroatoms. The van der Waals surface area contributed by atoms with Crippen molar-refractivity contribution in [3.63, 3.8) is 0 Å². The zero-order valence-electron chi connectivity index (χ0n) is 11.5. The average Bonchev–Trinajstić information content (AvgIpc) is 3.24. The highest BCUT2D eigenvalue weighted by Crippen LogP contribution is 2.32. The van der Waals surface area contributed by atoms with Crippen molar-refractivity contribution in [1.82, 2.24) is 9.13 Å². The van der Waals surface area contributed by atoms with Crippen molar-refractivity contribution in [2.24, 2.45) is 0 Å². The van der Waals surface area contributed by atoms with Gasteiger partial charge in [-0.1, -0.05) is 6.92 Å². The number of halogens is 2. The monoisotopic (exact) mass is 400 g/mol. The Morgan fingerprint density at radius 3 is 2.57 bits per heavy atom. The molecule has 110 valence electrons. The Hall–Kier alpha value is -1.44. The van der Waals surface area contributed by atoms with E-state index in [9.17, 15) is 14.0 Å². The standard InChI is InChI=1S/C15H14FIN2O2/c1-2-10-8-14(20)19(11-4-5-11)15(21)18(10)13-6-3-9(17)7-12(13)16/h3,6-8,11H,2,4-5H2,1H3. The molecule has 0 radical (unpaired) electrons. The van der Waals surface area contributed by atoms with Crippen molar-refractivity contribution in [2.75, 3.05) is 0 Å². The molecule has 0 saturated heterocycles. The van der Waals surface area contributed by atoms with Crippen LogP contribution in [-0.4, -0.2) is 9.13 Å². The minimum Gasteiger partial charge on any atom is -0.269 e. The topological polar surface area (TPSA) is 44.0 Å². The Morgan fingerprint density at radius 1 is 1.29 bits per heavy atom. The van der Waals surface area contributed by atoms with Gasteiger partial charge in [0.25, 0.3) is 5.56 Å². The second-order valence-electron chi connectivity index (χ2n) is 5.14. The lowest BCUT2D eigenvalue weighted by Crippen LogP contribution is -2.40. The predicted octanol–water partition coefficient (Wildman–Crippen LogP) is 2.64. The fraction of sp³-hybridized carbons (Fsp3) is 0.333. The SMILES string of the molecule is CCc1cc(=O)n(C2CC2)c(=O)n1-c1ccc(I)cc1F. The minimum atomic E-state index is -0.459. The Balaban J connectivity index is 2.32. The number of aromatic nitrogens is 2. The van der Waals surface area contributed by atoms with Crippen LogP contribution in [0.25, 0.3) is 5.69 Å². The van der Waals surface area contributed by atoms with Gasteiger partial charge in [0.15, 0.2) is 0 Å². The van der Waals surface area contributed by atoms with Gasteiger partial charge in [0.05, 0.1) is 5.69 Å². The van der Waals surface area contributed by atoms with E-state index in [-0.39, 0.29) is 17.3 Å². The molecule has 0 unspecified atom stereocenters. The number of rotatable bonds is 3. The second-order valence-corrected chi connectivity index (χ2v) is 6.39. The summed E-state index contributed by atoms with van der Waals surface area (Å²) in [6.45, 7) is 1.84. The van der Waals surface area contributed by atoms with Gasteiger partial charge in [-0.25, -0.2) is 9.18 Å². The van der Waals surface area contributed by atoms with E-state index >= 15 is 0 Å². The van der Waals surface area contributed by atoms with E-state index in [2.05, 4.69) is 0 Å². The van der Waals surface area contributed by atoms with Crippen LogP contribution in [0.2, 0.25) is 0 Å². The summed E-state index contributed by atoms with van der Waals surface area (Å²) in [7, 11) is 0. The van der Waals surface area contributed by atoms with Crippen molar-refractivity contribution in [1.29, 1.82) is 0 Å². The van der Waals surface area contributed by atoms with E-state index in [1.165, 1.54) is 21.3 Å². The van der Waals surface area contributed by atoms with Gasteiger partial charge in [-0.05, 0) is 60.1 Å². The lowest BCUT2D eigenvalue weighted by atomic mass is 10.2. The highest BCUT2D eigenvalue weighted by molar-refractivity contribution is 14.1. The summed E-state index contributed by atoms with van der Waals surface area (Å²) in [6, 6.07) is 6.12. The number of aryl methyl sites for hydroxylation is 1. The average molecular weight is 400 g/mol. The number of nitrogens with zero attached hydrogens (tertiary/aromatic N) is 2. The van der Waals surface area contributed by atoms with Crippen molar-refractivity contribution >= 4 is 22.6 Å². The first kappa shape index (κ1) is 14.5. The molecule has 1 aliphatic rings. The third-order valence-electron chi connectivity index (χ3n) is 3.64. The summed E-state index contributed by atoms with van der Waals surface area (Å²) >= 11 is 2.02. The molecule has 2 aromatic rings. The van der Waals surface area contributed by atoms with Crippen LogP contribution in [0, 0.1) is 9.39 Å². The largest absolute Gasteiger partial charge is 0.336 e. The van der Waals surface area contributed by atoms with E-state index in [1.54, 1.807) is 12.1 Å². The van der Waals surface area contributed by atoms with E-state index in [0.29, 0.717) is 12.1 Å². The van der Waals surface area contributed by atoms with Gasteiger partial charge in [0, 0.05) is 21.4 Å². The maximum atomic E-state index is 14.2. The zero-order chi connectivity index (χ0) is 15.1. The van der Waals surface area contributed by atoms with Crippen LogP contribution < -0.4 is 11.2 Å². The molecule has 3 rings (SSSR count). The van der Waals surface area contributed by atoms with Crippen molar-refractivity contribution in [2.45, 2.75) is 32.2 Å². The molecular weight excluding hydrogens is 386 g/mol. The normalized spacial score (nSPS) is 14.4. The molecule has 0 amide bonds. The van der Waals surface area contributed by atoms with E-state index in [4.69, 9.17) is 0 Å². The Bertz CT molecular complexity index is 821. The van der Waals surface area contributed by atoms with Crippen LogP contribution in [0.15, 0.2) is 33.9 Å². The summed E-state index contributed by atoms with van der Waals surface area (Å²) in [5.41, 5.74) is -0.00264. The number of benzene rings is 1. The number of hydrogen-bond donors (Lipinski definition) is 0. The lowest BCUT2D eigenvalue weighted by molar-refractivity contribution is 0.583. The first-order chi connectivity index (χ1) is 10.0. The van der Waals surface area contributed by atoms with Crippen LogP contribution in [0.4, 0.5) is 4.39 Å². The third-order valence-corrected chi connectivity index (χ3v) is 4.31. The third kappa shape index (κ3) is 2.56. The van der Waals surface area contributed by atoms with E-state index in [1.807, 2.05) is 29.5 Å². The Morgan fingerprint density at radius 2 is 2.00 bits per heavy atom. The molecule has 0 bridgehead atoms. The molecule has 21 heavy (non-hydrogen) atoms. The molecule has 0 atom stereocenters. The van der Waals surface area contributed by atoms with Gasteiger partial charge in [0.1, 0.15) is 5.82 Å². The molecule has 1 aromatic heterocycles. The van der Waals surface area contributed by atoms with Crippen LogP contribution in [0.1, 0.15) is 31.5 Å². The first-order valence-corrected chi connectivity index (χ1v) is 7.93. The zero-order valence-corrected chi connectivity index (χ0v) is 13.6. The summed E-state index contributed by atoms with van der Waals surface area (Å²) < 4.78 is 17.6. The van der Waals surface area contributed by atoms with Crippen molar-refractivity contribution in [3.8, 4) is 5.69 Å². The molecule has 0 spiro atoms. The van der Waals surface area contributed by atoms with Crippen LogP contribution >= 0.6 is 22.6 Å². The molecule has 0 N–H and O–H groups in total. The molecular formula is C15H14FIN2O2. The first-order valence-electron chi connectivity index (χ1n) is 6.85. The van der Waals surface area contributed by atoms with E-state index < -0.39 is 11.5 Å². The maximum absolute atomic E-state index is 14.2. The summed E-state index contributed by atoms with van der Waals surface area (Å²) in [5.74, 6) is -0.459. The van der Waals surface area contributed by atoms with Gasteiger partial charge in [-0.3, -0.25) is 13.9 Å². The smallest absolute Gasteiger partial charge is 0.269 e. The predicted molar refractivity (Wildman–Crippen MR) is 86.6 cm³/mol. The maximum Gasteiger partial charge on any atom is 0.336 e. The Kier molecular flexibility index (Phi) is 3.73. The summed E-state index contributed by atoms with van der Waals surface area (Å²) in [5, 5.41) is 0.